The minimum absolute atomic E-state index is 0.122. The summed E-state index contributed by atoms with van der Waals surface area (Å²) in [6, 6.07) is 11.0. The lowest BCUT2D eigenvalue weighted by Gasteiger charge is -2.17. The van der Waals surface area contributed by atoms with E-state index in [1.54, 1.807) is 18.4 Å². The second-order valence-electron chi connectivity index (χ2n) is 4.78. The maximum atomic E-state index is 12.1. The summed E-state index contributed by atoms with van der Waals surface area (Å²) in [5.74, 6) is 0. The van der Waals surface area contributed by atoms with Crippen LogP contribution in [0.1, 0.15) is 6.42 Å². The van der Waals surface area contributed by atoms with Crippen molar-refractivity contribution in [2.45, 2.75) is 12.5 Å². The number of rotatable bonds is 7. The van der Waals surface area contributed by atoms with Gasteiger partial charge in [-0.1, -0.05) is 24.3 Å². The zero-order valence-electron chi connectivity index (χ0n) is 12.4. The highest BCUT2D eigenvalue weighted by Gasteiger charge is 2.13. The van der Waals surface area contributed by atoms with Crippen molar-refractivity contribution in [3.63, 3.8) is 0 Å². The third-order valence-electron chi connectivity index (χ3n) is 3.19. The molecule has 6 heteroatoms. The van der Waals surface area contributed by atoms with Crippen LogP contribution in [-0.2, 0) is 4.74 Å². The number of thiophene rings is 1. The molecule has 0 radical (unpaired) electrons. The van der Waals surface area contributed by atoms with E-state index < -0.39 is 0 Å². The van der Waals surface area contributed by atoms with Crippen LogP contribution in [0.5, 0.6) is 0 Å². The number of urea groups is 1. The van der Waals surface area contributed by atoms with Gasteiger partial charge in [-0.3, -0.25) is 0 Å². The number of carbonyl (C=O) groups excluding carboxylic acids is 1. The Morgan fingerprint density at radius 1 is 1.32 bits per heavy atom. The molecule has 0 unspecified atom stereocenters. The largest absolute Gasteiger partial charge is 0.394 e. The van der Waals surface area contributed by atoms with Gasteiger partial charge in [-0.05, 0) is 23.9 Å². The lowest BCUT2D eigenvalue weighted by molar-refractivity contribution is 0.161. The predicted molar refractivity (Wildman–Crippen MR) is 89.3 cm³/mol. The number of hydrogen-bond acceptors (Lipinski definition) is 4. The number of benzene rings is 1. The van der Waals surface area contributed by atoms with E-state index in [1.807, 2.05) is 41.8 Å². The number of anilines is 1. The summed E-state index contributed by atoms with van der Waals surface area (Å²) in [6.07, 6.45) is 0.562. The van der Waals surface area contributed by atoms with Crippen LogP contribution in [0.4, 0.5) is 10.5 Å². The molecule has 118 valence electrons. The monoisotopic (exact) mass is 320 g/mol. The molecule has 0 spiro atoms. The number of hydrogen-bond donors (Lipinski definition) is 3. The molecule has 0 bridgehead atoms. The third-order valence-corrected chi connectivity index (χ3v) is 4.09. The zero-order chi connectivity index (χ0) is 15.8. The van der Waals surface area contributed by atoms with Crippen LogP contribution in [0.25, 0.3) is 10.4 Å². The predicted octanol–water partition coefficient (Wildman–Crippen LogP) is 2.93. The van der Waals surface area contributed by atoms with Crippen LogP contribution < -0.4 is 10.6 Å². The number of nitrogens with one attached hydrogen (secondary N) is 2. The molecule has 3 N–H and O–H groups in total. The Hall–Kier alpha value is -1.89. The maximum absolute atomic E-state index is 12.1. The molecule has 1 aromatic carbocycles. The Balaban J connectivity index is 2.03. The van der Waals surface area contributed by atoms with Gasteiger partial charge in [0.05, 0.1) is 18.3 Å². The van der Waals surface area contributed by atoms with E-state index in [4.69, 9.17) is 4.74 Å². The first-order valence-corrected chi connectivity index (χ1v) is 7.92. The highest BCUT2D eigenvalue weighted by molar-refractivity contribution is 7.13. The zero-order valence-corrected chi connectivity index (χ0v) is 13.2. The fraction of sp³-hybridized carbons (Fsp3) is 0.312. The number of amides is 2. The summed E-state index contributed by atoms with van der Waals surface area (Å²) in [5, 5.41) is 16.9. The van der Waals surface area contributed by atoms with E-state index in [2.05, 4.69) is 10.6 Å². The highest BCUT2D eigenvalue weighted by atomic mass is 32.1. The van der Waals surface area contributed by atoms with E-state index in [1.165, 1.54) is 0 Å². The van der Waals surface area contributed by atoms with Crippen molar-refractivity contribution in [2.75, 3.05) is 25.6 Å². The topological polar surface area (TPSA) is 70.6 Å². The normalized spacial score (nSPS) is 11.9. The molecule has 2 aromatic rings. The van der Waals surface area contributed by atoms with Gasteiger partial charge in [0.15, 0.2) is 0 Å². The third kappa shape index (κ3) is 4.56. The number of aliphatic hydroxyl groups excluding tert-OH is 1. The van der Waals surface area contributed by atoms with E-state index in [0.29, 0.717) is 13.0 Å². The summed E-state index contributed by atoms with van der Waals surface area (Å²) in [7, 11) is 1.59. The van der Waals surface area contributed by atoms with Crippen LogP contribution in [0.2, 0.25) is 0 Å². The van der Waals surface area contributed by atoms with Gasteiger partial charge in [0.1, 0.15) is 0 Å². The Kier molecular flexibility index (Phi) is 6.39. The van der Waals surface area contributed by atoms with Crippen LogP contribution >= 0.6 is 11.3 Å². The van der Waals surface area contributed by atoms with Crippen molar-refractivity contribution in [1.82, 2.24) is 5.32 Å². The summed E-state index contributed by atoms with van der Waals surface area (Å²) < 4.78 is 4.96. The second-order valence-corrected chi connectivity index (χ2v) is 5.73. The average molecular weight is 320 g/mol. The van der Waals surface area contributed by atoms with E-state index >= 15 is 0 Å². The van der Waals surface area contributed by atoms with Gasteiger partial charge in [0.2, 0.25) is 0 Å². The molecule has 0 aliphatic heterocycles. The van der Waals surface area contributed by atoms with Gasteiger partial charge >= 0.3 is 6.03 Å². The molecule has 0 aliphatic rings. The van der Waals surface area contributed by atoms with Crippen LogP contribution in [0.15, 0.2) is 41.8 Å². The molecule has 0 saturated carbocycles. The van der Waals surface area contributed by atoms with Crippen molar-refractivity contribution in [3.05, 3.63) is 41.8 Å². The molecule has 1 atom stereocenters. The quantitative estimate of drug-likeness (QED) is 0.734. The summed E-state index contributed by atoms with van der Waals surface area (Å²) >= 11 is 1.62. The van der Waals surface area contributed by atoms with Crippen LogP contribution in [0, 0.1) is 0 Å². The first kappa shape index (κ1) is 16.5. The minimum atomic E-state index is -0.334. The highest BCUT2D eigenvalue weighted by Crippen LogP contribution is 2.31. The average Bonchev–Trinajstić information content (AvgIpc) is 3.06. The fourth-order valence-electron chi connectivity index (χ4n) is 2.05. The molecule has 0 saturated heterocycles. The van der Waals surface area contributed by atoms with Crippen molar-refractivity contribution >= 4 is 23.1 Å². The van der Waals surface area contributed by atoms with Gasteiger partial charge in [-0.15, -0.1) is 11.3 Å². The number of carbonyl (C=O) groups is 1. The van der Waals surface area contributed by atoms with Crippen LogP contribution in [-0.4, -0.2) is 37.5 Å². The molecule has 0 fully saturated rings. The SMILES string of the molecule is COCC[C@@H](CO)NC(=O)Nc1ccccc1-c1cccs1. The molecule has 2 amide bonds. The van der Waals surface area contributed by atoms with Gasteiger partial charge < -0.3 is 20.5 Å². The summed E-state index contributed by atoms with van der Waals surface area (Å²) in [4.78, 5) is 13.2. The number of aliphatic hydroxyl groups is 1. The fourth-order valence-corrected chi connectivity index (χ4v) is 2.82. The van der Waals surface area contributed by atoms with E-state index in [0.717, 1.165) is 16.1 Å². The standard InChI is InChI=1S/C16H20N2O3S/c1-21-9-8-12(11-19)17-16(20)18-14-6-3-2-5-13(14)15-7-4-10-22-15/h2-7,10,12,19H,8-9,11H2,1H3,(H2,17,18,20)/t12-/m0/s1. The molecule has 2 rings (SSSR count). The molecule has 0 aliphatic carbocycles. The van der Waals surface area contributed by atoms with Gasteiger partial charge in [0, 0.05) is 24.2 Å². The van der Waals surface area contributed by atoms with Gasteiger partial charge in [-0.25, -0.2) is 4.79 Å². The molecule has 1 heterocycles. The van der Waals surface area contributed by atoms with Crippen molar-refractivity contribution in [2.24, 2.45) is 0 Å². The number of para-hydroxylation sites is 1. The first-order chi connectivity index (χ1) is 10.7. The van der Waals surface area contributed by atoms with E-state index in [-0.39, 0.29) is 18.7 Å². The first-order valence-electron chi connectivity index (χ1n) is 7.04. The molecule has 5 nitrogen and oxygen atoms in total. The molecular weight excluding hydrogens is 300 g/mol. The second kappa shape index (κ2) is 8.53. The Labute approximate surface area is 133 Å². The number of ether oxygens (including phenoxy) is 1. The smallest absolute Gasteiger partial charge is 0.319 e. The molecular formula is C16H20N2O3S. The van der Waals surface area contributed by atoms with Gasteiger partial charge in [-0.2, -0.15) is 0 Å². The maximum Gasteiger partial charge on any atom is 0.319 e. The Bertz CT molecular complexity index is 587. The summed E-state index contributed by atoms with van der Waals surface area (Å²) in [5.41, 5.74) is 1.72. The van der Waals surface area contributed by atoms with E-state index in [9.17, 15) is 9.90 Å². The van der Waals surface area contributed by atoms with Gasteiger partial charge in [0.25, 0.3) is 0 Å². The Morgan fingerprint density at radius 3 is 2.82 bits per heavy atom. The molecule has 1 aromatic heterocycles. The molecule has 22 heavy (non-hydrogen) atoms. The van der Waals surface area contributed by atoms with Crippen molar-refractivity contribution in [1.29, 1.82) is 0 Å². The Morgan fingerprint density at radius 2 is 2.14 bits per heavy atom. The lowest BCUT2D eigenvalue weighted by atomic mass is 10.1. The van der Waals surface area contributed by atoms with Crippen LogP contribution in [0.3, 0.4) is 0 Å². The summed E-state index contributed by atoms with van der Waals surface area (Å²) in [6.45, 7) is 0.362. The van der Waals surface area contributed by atoms with Crippen molar-refractivity contribution in [3.8, 4) is 10.4 Å². The lowest BCUT2D eigenvalue weighted by Crippen LogP contribution is -2.40. The minimum Gasteiger partial charge on any atom is -0.394 e. The number of methoxy groups -OCH3 is 1. The van der Waals surface area contributed by atoms with Crippen molar-refractivity contribution < 1.29 is 14.6 Å².